The largest absolute Gasteiger partial charge is 0.778 e. The minimum Gasteiger partial charge on any atom is -0.778 e. The van der Waals surface area contributed by atoms with Crippen LogP contribution in [0.1, 0.15) is 58.1 Å². The average molecular weight is 1280 g/mol. The van der Waals surface area contributed by atoms with Crippen molar-refractivity contribution in [1.82, 2.24) is 34.1 Å². The van der Waals surface area contributed by atoms with Crippen LogP contribution in [-0.2, 0) is 54.7 Å². The summed E-state index contributed by atoms with van der Waals surface area (Å²) >= 11 is 17.3. The van der Waals surface area contributed by atoms with E-state index in [1.54, 1.807) is 18.6 Å². The minimum absolute atomic E-state index is 0.0104. The van der Waals surface area contributed by atoms with Crippen molar-refractivity contribution >= 4 is 93.2 Å². The van der Waals surface area contributed by atoms with Crippen LogP contribution in [-0.4, -0.2) is 130 Å². The number of nitrogens with one attached hydrogen (secondary N) is 3. The molecule has 5 rings (SSSR count). The number of nitrogens with zero attached hydrogens (tertiary/aromatic N) is 5. The molecular weight excluding hydrogens is 1220 g/mol. The number of aryl methyl sites for hydroxylation is 2. The second kappa shape index (κ2) is 32.2. The normalized spacial score (nSPS) is 11.8. The number of carbonyl (C=O) groups is 4. The van der Waals surface area contributed by atoms with E-state index in [9.17, 15) is 73.0 Å². The number of aromatic nitrogens is 5. The lowest BCUT2D eigenvalue weighted by Crippen LogP contribution is -2.40. The molecule has 36 heteroatoms. The molecule has 0 saturated heterocycles. The number of carboxylic acids is 2. The second-order valence-corrected chi connectivity index (χ2v) is 23.1. The van der Waals surface area contributed by atoms with Crippen LogP contribution in [0.3, 0.4) is 0 Å². The third-order valence-corrected chi connectivity index (χ3v) is 11.7. The van der Waals surface area contributed by atoms with E-state index in [-0.39, 0.29) is 61.0 Å². The van der Waals surface area contributed by atoms with Crippen molar-refractivity contribution in [3.63, 3.8) is 0 Å². The molecule has 0 fully saturated rings. The number of amides is 2. The molecule has 2 heterocycles. The molecule has 6 N–H and O–H groups in total. The second-order valence-electron chi connectivity index (χ2n) is 16.2. The summed E-state index contributed by atoms with van der Waals surface area (Å²) in [5.74, 6) is -3.09. The Bertz CT molecular complexity index is 3300. The van der Waals surface area contributed by atoms with Gasteiger partial charge in [-0.2, -0.15) is 41.3 Å². The number of hydrogen-bond donors (Lipinski definition) is 6. The van der Waals surface area contributed by atoms with Gasteiger partial charge in [-0.3, -0.25) is 24.8 Å². The van der Waals surface area contributed by atoms with Gasteiger partial charge in [-0.05, 0) is 80.0 Å². The first-order chi connectivity index (χ1) is 37.2. The molecule has 3 aromatic carbocycles. The van der Waals surface area contributed by atoms with E-state index in [1.807, 2.05) is 5.32 Å². The summed E-state index contributed by atoms with van der Waals surface area (Å²) in [6.07, 6.45) is -5.62. The molecule has 2 aromatic heterocycles. The van der Waals surface area contributed by atoms with E-state index in [0.717, 1.165) is 19.2 Å². The van der Waals surface area contributed by atoms with Crippen LogP contribution in [0.25, 0.3) is 5.69 Å². The first kappa shape index (κ1) is 72.5. The Balaban J connectivity index is 0.000000565. The molecule has 24 nitrogen and oxygen atoms in total. The molecule has 0 aliphatic heterocycles. The number of urea groups is 1. The molecule has 0 bridgehead atoms. The van der Waals surface area contributed by atoms with Gasteiger partial charge in [0.05, 0.1) is 83.1 Å². The number of carboxylic acid groups (broad SMARTS) is 2. The van der Waals surface area contributed by atoms with Gasteiger partial charge in [0.1, 0.15) is 24.7 Å². The molecule has 0 aliphatic carbocycles. The smallest absolute Gasteiger partial charge is 0.431 e. The Morgan fingerprint density at radius 3 is 1.94 bits per heavy atom. The maximum Gasteiger partial charge on any atom is 0.431 e. The van der Waals surface area contributed by atoms with E-state index in [2.05, 4.69) is 39.0 Å². The fraction of sp³-hybridized carbons (Fsp3) is 0.356. The van der Waals surface area contributed by atoms with Gasteiger partial charge in [0.15, 0.2) is 5.75 Å². The summed E-state index contributed by atoms with van der Waals surface area (Å²) in [5.41, 5.74) is -4.19. The third-order valence-electron chi connectivity index (χ3n) is 8.75. The highest BCUT2D eigenvalue weighted by Gasteiger charge is 2.35. The zero-order valence-corrected chi connectivity index (χ0v) is 48.5. The van der Waals surface area contributed by atoms with Gasteiger partial charge in [-0.25, -0.2) is 36.9 Å². The number of ether oxygens (including phenoxy) is 3. The van der Waals surface area contributed by atoms with E-state index < -0.39 is 108 Å². The Morgan fingerprint density at radius 2 is 1.44 bits per heavy atom. The zero-order valence-electron chi connectivity index (χ0n) is 43.7. The molecule has 0 saturated carbocycles. The summed E-state index contributed by atoms with van der Waals surface area (Å²) in [6.45, 7) is 4.26. The zero-order chi connectivity index (χ0) is 62.5. The lowest BCUT2D eigenvalue weighted by molar-refractivity contribution is -0.193. The number of alkyl halides is 6. The Morgan fingerprint density at radius 1 is 0.877 bits per heavy atom. The topological polar surface area (TPSA) is 350 Å². The first-order valence-electron chi connectivity index (χ1n) is 22.0. The van der Waals surface area contributed by atoms with Crippen molar-refractivity contribution in [2.45, 2.75) is 57.0 Å². The highest BCUT2D eigenvalue weighted by molar-refractivity contribution is 7.94. The van der Waals surface area contributed by atoms with Crippen LogP contribution < -0.4 is 41.0 Å². The van der Waals surface area contributed by atoms with E-state index >= 15 is 0 Å². The SMILES string of the molecule is CC(C)OC(=O)c1cc(-n2c(=O)cc(C(F)(F)F)n(C)c2=O)ccc1Cl.COc1c(Cl)ccc(Cl)c1C(=O)O.COc1nc(C)nc(NC(=O)NS(=O)(=O)c2ccccc2CCC(F)(F)F)n1.C[S+](C)C.O=C(O)CNCP(=O)([O-])O. The number of aromatic carboxylic acids is 1. The summed E-state index contributed by atoms with van der Waals surface area (Å²) in [5, 5.41) is 21.2. The van der Waals surface area contributed by atoms with Crippen LogP contribution in [0, 0.1) is 6.92 Å². The molecule has 1 atom stereocenters. The van der Waals surface area contributed by atoms with Crippen LogP contribution in [0.15, 0.2) is 75.1 Å². The predicted octanol–water partition coefficient (Wildman–Crippen LogP) is 6.33. The monoisotopic (exact) mass is 1270 g/mol. The van der Waals surface area contributed by atoms with Gasteiger partial charge in [-0.1, -0.05) is 53.0 Å². The maximum atomic E-state index is 12.9. The van der Waals surface area contributed by atoms with Crippen molar-refractivity contribution in [3.8, 4) is 17.4 Å². The Kier molecular flexibility index (Phi) is 28.8. The number of sulfonamides is 1. The van der Waals surface area contributed by atoms with Crippen molar-refractivity contribution in [2.24, 2.45) is 7.05 Å². The van der Waals surface area contributed by atoms with Gasteiger partial charge in [0.2, 0.25) is 5.95 Å². The molecule has 0 spiro atoms. The number of esters is 1. The summed E-state index contributed by atoms with van der Waals surface area (Å²) in [4.78, 5) is 97.9. The first-order valence-corrected chi connectivity index (χ1v) is 28.8. The van der Waals surface area contributed by atoms with Crippen molar-refractivity contribution in [1.29, 1.82) is 0 Å². The van der Waals surface area contributed by atoms with Crippen molar-refractivity contribution in [2.75, 3.05) is 51.1 Å². The van der Waals surface area contributed by atoms with Gasteiger partial charge >= 0.3 is 48.0 Å². The fourth-order valence-electron chi connectivity index (χ4n) is 5.62. The van der Waals surface area contributed by atoms with Crippen LogP contribution in [0.5, 0.6) is 11.8 Å². The molecule has 81 heavy (non-hydrogen) atoms. The maximum absolute atomic E-state index is 12.9. The van der Waals surface area contributed by atoms with Gasteiger partial charge in [0, 0.05) is 19.5 Å². The number of carbonyl (C=O) groups excluding carboxylic acids is 2. The molecular formula is C45H52Cl3F6N8O16PS2. The lowest BCUT2D eigenvalue weighted by Gasteiger charge is -2.15. The molecule has 2 amide bonds. The summed E-state index contributed by atoms with van der Waals surface area (Å²) in [6, 6.07) is 10.6. The molecule has 448 valence electrons. The predicted molar refractivity (Wildman–Crippen MR) is 285 cm³/mol. The molecule has 0 radical (unpaired) electrons. The summed E-state index contributed by atoms with van der Waals surface area (Å²) < 4.78 is 128. The van der Waals surface area contributed by atoms with Crippen LogP contribution in [0.2, 0.25) is 15.1 Å². The van der Waals surface area contributed by atoms with E-state index in [0.29, 0.717) is 26.1 Å². The van der Waals surface area contributed by atoms with E-state index in [4.69, 9.17) is 64.1 Å². The van der Waals surface area contributed by atoms with Gasteiger partial charge in [-0.15, -0.1) is 0 Å². The number of halogens is 9. The Labute approximate surface area is 475 Å². The Hall–Kier alpha value is -6.51. The molecule has 5 aromatic rings. The fourth-order valence-corrected chi connectivity index (χ4v) is 7.85. The van der Waals surface area contributed by atoms with E-state index in [1.165, 1.54) is 63.6 Å². The third kappa shape index (κ3) is 25.9. The highest BCUT2D eigenvalue weighted by Crippen LogP contribution is 2.34. The lowest BCUT2D eigenvalue weighted by atomic mass is 10.1. The van der Waals surface area contributed by atoms with Gasteiger partial charge < -0.3 is 38.8 Å². The number of methoxy groups -OCH3 is 2. The molecule has 0 aliphatic rings. The summed E-state index contributed by atoms with van der Waals surface area (Å²) in [7, 11) is -4.62. The number of anilines is 1. The number of hydrogen-bond acceptors (Lipinski definition) is 17. The average Bonchev–Trinajstić information content (AvgIpc) is 3.31. The molecule has 1 unspecified atom stereocenters. The van der Waals surface area contributed by atoms with Crippen LogP contribution in [0.4, 0.5) is 37.1 Å². The standard InChI is InChI=1S/C16H14ClF3N2O4.C15H16F3N5O4S.C8H6Cl2O3.C3H8NO5P.C3H9S/c1-8(2)26-14(24)10-6-9(4-5-11(10)17)22-13(23)7-12(16(18,19)20)21(3)15(22)25;1-9-19-12(22-14(20-9)27-2)21-13(24)23-28(25,26)11-6-4-3-5-10(11)7-8-15(16,17)18;1-13-7-5(10)3-2-4(9)6(7)8(11)12;5-3(6)1-4-2-10(7,8)9;1-4(2)3/h4-8H,1-3H3;3-6H,7-8H2,1-2H3,(H2,19,20,21,22,23,24);2-3H,1H3,(H,11,12);4H,1-2H2,(H,5,6)(H2,7,8,9);1-3H3/q;;;;+1/p-1. The quantitative estimate of drug-likeness (QED) is 0.0289. The number of benzene rings is 3. The number of rotatable bonds is 15. The van der Waals surface area contributed by atoms with Crippen molar-refractivity contribution in [3.05, 3.63) is 125 Å². The van der Waals surface area contributed by atoms with Gasteiger partial charge in [0.25, 0.3) is 15.6 Å². The van der Waals surface area contributed by atoms with Crippen molar-refractivity contribution < 1.29 is 92.7 Å². The van der Waals surface area contributed by atoms with Crippen LogP contribution >= 0.6 is 42.4 Å². The highest BCUT2D eigenvalue weighted by atomic mass is 35.5. The number of aliphatic carboxylic acids is 1. The minimum atomic E-state index is -4.86.